The molecule has 1 aromatic carbocycles. The van der Waals surface area contributed by atoms with E-state index in [-0.39, 0.29) is 0 Å². The first-order valence-corrected chi connectivity index (χ1v) is 5.50. The highest BCUT2D eigenvalue weighted by molar-refractivity contribution is 6.33. The molecule has 0 fully saturated rings. The maximum atomic E-state index is 12.1. The van der Waals surface area contributed by atoms with Gasteiger partial charge in [-0.25, -0.2) is 0 Å². The molecule has 0 saturated carbocycles. The monoisotopic (exact) mass is 266 g/mol. The molecule has 0 radical (unpaired) electrons. The van der Waals surface area contributed by atoms with Crippen LogP contribution in [0.1, 0.15) is 18.9 Å². The summed E-state index contributed by atoms with van der Waals surface area (Å²) in [5.74, 6) is 0. The van der Waals surface area contributed by atoms with Crippen LogP contribution in [-0.2, 0) is 6.54 Å². The average molecular weight is 267 g/mol. The van der Waals surface area contributed by atoms with Crippen molar-refractivity contribution in [3.05, 3.63) is 28.8 Å². The van der Waals surface area contributed by atoms with Gasteiger partial charge in [-0.05, 0) is 24.6 Å². The Morgan fingerprint density at radius 2 is 2.06 bits per heavy atom. The van der Waals surface area contributed by atoms with Crippen LogP contribution in [0.5, 0.6) is 0 Å². The van der Waals surface area contributed by atoms with Gasteiger partial charge in [0.25, 0.3) is 0 Å². The van der Waals surface area contributed by atoms with Gasteiger partial charge in [-0.1, -0.05) is 17.7 Å². The molecule has 1 rings (SSSR count). The van der Waals surface area contributed by atoms with Gasteiger partial charge in [0.05, 0.1) is 17.1 Å². The molecule has 0 spiro atoms. The predicted octanol–water partition coefficient (Wildman–Crippen LogP) is 3.35. The second-order valence-electron chi connectivity index (χ2n) is 3.96. The second-order valence-corrected chi connectivity index (χ2v) is 4.36. The molecule has 0 aliphatic heterocycles. The first-order chi connectivity index (χ1) is 7.78. The highest BCUT2D eigenvalue weighted by atomic mass is 35.5. The van der Waals surface area contributed by atoms with Gasteiger partial charge in [0.15, 0.2) is 0 Å². The number of alkyl halides is 3. The van der Waals surface area contributed by atoms with Crippen molar-refractivity contribution in [3.8, 4) is 0 Å². The lowest BCUT2D eigenvalue weighted by atomic mass is 10.1. The molecular weight excluding hydrogens is 253 g/mol. The number of hydrogen-bond acceptors (Lipinski definition) is 2. The van der Waals surface area contributed by atoms with E-state index in [9.17, 15) is 13.2 Å². The van der Waals surface area contributed by atoms with Gasteiger partial charge >= 0.3 is 6.18 Å². The lowest BCUT2D eigenvalue weighted by molar-refractivity contribution is -0.139. The van der Waals surface area contributed by atoms with Crippen molar-refractivity contribution in [1.29, 1.82) is 0 Å². The van der Waals surface area contributed by atoms with E-state index in [1.807, 2.05) is 0 Å². The zero-order valence-corrected chi connectivity index (χ0v) is 10.1. The highest BCUT2D eigenvalue weighted by Gasteiger charge is 2.29. The number of hydrogen-bond donors (Lipinski definition) is 2. The number of nitrogen functional groups attached to an aromatic ring is 1. The zero-order chi connectivity index (χ0) is 13.1. The minimum atomic E-state index is -4.15. The molecule has 2 nitrogen and oxygen atoms in total. The van der Waals surface area contributed by atoms with Crippen LogP contribution in [0.15, 0.2) is 18.2 Å². The Morgan fingerprint density at radius 1 is 1.41 bits per heavy atom. The van der Waals surface area contributed by atoms with E-state index < -0.39 is 18.6 Å². The summed E-state index contributed by atoms with van der Waals surface area (Å²) in [5, 5.41) is 3.19. The topological polar surface area (TPSA) is 38.0 Å². The maximum absolute atomic E-state index is 12.1. The van der Waals surface area contributed by atoms with Crippen LogP contribution >= 0.6 is 11.6 Å². The molecule has 1 aromatic rings. The maximum Gasteiger partial charge on any atom is 0.390 e. The fraction of sp³-hybridized carbons (Fsp3) is 0.455. The third kappa shape index (κ3) is 5.28. The Hall–Kier alpha value is -0.940. The van der Waals surface area contributed by atoms with E-state index in [2.05, 4.69) is 5.32 Å². The summed E-state index contributed by atoms with van der Waals surface area (Å²) in [6, 6.07) is 4.37. The fourth-order valence-electron chi connectivity index (χ4n) is 1.39. The van der Waals surface area contributed by atoms with Gasteiger partial charge in [0.1, 0.15) is 0 Å². The summed E-state index contributed by atoms with van der Waals surface area (Å²) >= 11 is 5.80. The smallest absolute Gasteiger partial charge is 0.390 e. The van der Waals surface area contributed by atoms with E-state index >= 15 is 0 Å². The van der Waals surface area contributed by atoms with Gasteiger partial charge in [-0.2, -0.15) is 13.2 Å². The molecular formula is C11H14ClF3N2. The highest BCUT2D eigenvalue weighted by Crippen LogP contribution is 2.22. The van der Waals surface area contributed by atoms with E-state index in [0.29, 0.717) is 17.3 Å². The molecule has 0 aliphatic rings. The quantitative estimate of drug-likeness (QED) is 0.820. The molecule has 0 aliphatic carbocycles. The normalized spacial score (nSPS) is 13.7. The third-order valence-corrected chi connectivity index (χ3v) is 2.58. The number of nitrogens with one attached hydrogen (secondary N) is 1. The van der Waals surface area contributed by atoms with Gasteiger partial charge in [0, 0.05) is 12.6 Å². The molecule has 0 amide bonds. The van der Waals surface area contributed by atoms with Crippen LogP contribution in [0.25, 0.3) is 0 Å². The lowest BCUT2D eigenvalue weighted by Crippen LogP contribution is -2.30. The van der Waals surface area contributed by atoms with Crippen LogP contribution < -0.4 is 11.1 Å². The number of anilines is 1. The Morgan fingerprint density at radius 3 is 2.59 bits per heavy atom. The molecule has 1 atom stereocenters. The van der Waals surface area contributed by atoms with Crippen molar-refractivity contribution < 1.29 is 13.2 Å². The molecule has 17 heavy (non-hydrogen) atoms. The number of halogens is 4. The summed E-state index contributed by atoms with van der Waals surface area (Å²) in [7, 11) is 0. The van der Waals surface area contributed by atoms with Gasteiger partial charge in [-0.3, -0.25) is 0 Å². The predicted molar refractivity (Wildman–Crippen MR) is 62.8 cm³/mol. The van der Waals surface area contributed by atoms with E-state index in [0.717, 1.165) is 5.56 Å². The summed E-state index contributed by atoms with van der Waals surface area (Å²) in [6.07, 6.45) is -5.00. The molecule has 1 unspecified atom stereocenters. The summed E-state index contributed by atoms with van der Waals surface area (Å²) in [5.41, 5.74) is 6.79. The Balaban J connectivity index is 2.47. The molecule has 0 heterocycles. The van der Waals surface area contributed by atoms with Crippen molar-refractivity contribution in [2.24, 2.45) is 0 Å². The minimum Gasteiger partial charge on any atom is -0.398 e. The van der Waals surface area contributed by atoms with Crippen molar-refractivity contribution in [2.75, 3.05) is 5.73 Å². The van der Waals surface area contributed by atoms with Crippen molar-refractivity contribution in [3.63, 3.8) is 0 Å². The van der Waals surface area contributed by atoms with Crippen LogP contribution in [0, 0.1) is 0 Å². The molecule has 3 N–H and O–H groups in total. The van der Waals surface area contributed by atoms with Gasteiger partial charge in [-0.15, -0.1) is 0 Å². The van der Waals surface area contributed by atoms with Crippen molar-refractivity contribution in [1.82, 2.24) is 5.32 Å². The Bertz CT molecular complexity index is 379. The van der Waals surface area contributed by atoms with Gasteiger partial charge in [0.2, 0.25) is 0 Å². The van der Waals surface area contributed by atoms with Crippen LogP contribution in [0.4, 0.5) is 18.9 Å². The zero-order valence-electron chi connectivity index (χ0n) is 9.31. The van der Waals surface area contributed by atoms with Gasteiger partial charge < -0.3 is 11.1 Å². The minimum absolute atomic E-state index is 0.331. The molecule has 0 bridgehead atoms. The van der Waals surface area contributed by atoms with Crippen LogP contribution in [0.2, 0.25) is 5.02 Å². The van der Waals surface area contributed by atoms with E-state index in [4.69, 9.17) is 17.3 Å². The van der Waals surface area contributed by atoms with E-state index in [1.165, 1.54) is 6.92 Å². The van der Waals surface area contributed by atoms with Crippen molar-refractivity contribution in [2.45, 2.75) is 32.1 Å². The van der Waals surface area contributed by atoms with Crippen molar-refractivity contribution >= 4 is 17.3 Å². The van der Waals surface area contributed by atoms with Crippen LogP contribution in [-0.4, -0.2) is 12.2 Å². The standard InChI is InChI=1S/C11H14ClF3N2/c1-7(5-11(13,14)15)17-6-8-2-3-10(16)9(12)4-8/h2-4,7,17H,5-6,16H2,1H3. The van der Waals surface area contributed by atoms with Crippen LogP contribution in [0.3, 0.4) is 0 Å². The SMILES string of the molecule is CC(CC(F)(F)F)NCc1ccc(N)c(Cl)c1. The first kappa shape index (κ1) is 14.1. The fourth-order valence-corrected chi connectivity index (χ4v) is 1.60. The second kappa shape index (κ2) is 5.60. The molecule has 0 aromatic heterocycles. The Labute approximate surface area is 103 Å². The molecule has 6 heteroatoms. The largest absolute Gasteiger partial charge is 0.398 e. The Kier molecular flexibility index (Phi) is 4.65. The average Bonchev–Trinajstić information content (AvgIpc) is 2.17. The lowest BCUT2D eigenvalue weighted by Gasteiger charge is -2.16. The van der Waals surface area contributed by atoms with E-state index in [1.54, 1.807) is 18.2 Å². The number of benzene rings is 1. The summed E-state index contributed by atoms with van der Waals surface area (Å²) in [6.45, 7) is 1.82. The number of nitrogens with two attached hydrogens (primary N) is 1. The molecule has 96 valence electrons. The first-order valence-electron chi connectivity index (χ1n) is 5.12. The number of rotatable bonds is 4. The summed E-state index contributed by atoms with van der Waals surface area (Å²) < 4.78 is 36.2. The summed E-state index contributed by atoms with van der Waals surface area (Å²) in [4.78, 5) is 0. The molecule has 0 saturated heterocycles. The third-order valence-electron chi connectivity index (χ3n) is 2.26.